The minimum absolute atomic E-state index is 0.0190. The number of benzene rings is 3. The van der Waals surface area contributed by atoms with Crippen molar-refractivity contribution in [2.75, 3.05) is 39.3 Å². The van der Waals surface area contributed by atoms with Crippen LogP contribution in [-0.4, -0.2) is 75.2 Å². The van der Waals surface area contributed by atoms with Crippen molar-refractivity contribution in [2.24, 2.45) is 0 Å². The van der Waals surface area contributed by atoms with Crippen LogP contribution in [0.2, 0.25) is 0 Å². The standard InChI is InChI=1S/C27H28N4O4/c32-15-14-30-10-12-31(13-11-30)27(34)20-6-9-23-24(16-20)29-26(28-23)22-8-7-21(17-25(22)33)35-18-19-4-2-1-3-5-19/h1-9,16-17,32-33H,10-15,18H2,(H,28,29). The Balaban J connectivity index is 1.29. The number of β-amino-alcohol motifs (C(OH)–C–C–N with tert-alkyl or cyclic N) is 1. The number of carbonyl (C=O) groups excluding carboxylic acids is 1. The average Bonchev–Trinajstić information content (AvgIpc) is 3.31. The first-order chi connectivity index (χ1) is 17.1. The Morgan fingerprint density at radius 2 is 1.80 bits per heavy atom. The molecule has 0 radical (unpaired) electrons. The van der Waals surface area contributed by atoms with Gasteiger partial charge in [-0.15, -0.1) is 0 Å². The van der Waals surface area contributed by atoms with Crippen molar-refractivity contribution in [1.29, 1.82) is 0 Å². The van der Waals surface area contributed by atoms with Gasteiger partial charge in [-0.3, -0.25) is 9.69 Å². The van der Waals surface area contributed by atoms with Gasteiger partial charge in [-0.05, 0) is 35.9 Å². The topological polar surface area (TPSA) is 102 Å². The number of nitrogens with one attached hydrogen (secondary N) is 1. The van der Waals surface area contributed by atoms with E-state index in [4.69, 9.17) is 9.84 Å². The zero-order valence-corrected chi connectivity index (χ0v) is 19.4. The van der Waals surface area contributed by atoms with E-state index >= 15 is 0 Å². The van der Waals surface area contributed by atoms with E-state index in [2.05, 4.69) is 14.9 Å². The summed E-state index contributed by atoms with van der Waals surface area (Å²) in [5, 5.41) is 19.7. The van der Waals surface area contributed by atoms with Crippen LogP contribution in [0.25, 0.3) is 22.4 Å². The number of hydrogen-bond acceptors (Lipinski definition) is 6. The van der Waals surface area contributed by atoms with E-state index in [1.165, 1.54) is 0 Å². The molecule has 1 aliphatic heterocycles. The maximum Gasteiger partial charge on any atom is 0.254 e. The number of aromatic amines is 1. The Hall–Kier alpha value is -3.88. The lowest BCUT2D eigenvalue weighted by atomic mass is 10.1. The molecule has 8 heteroatoms. The molecule has 2 heterocycles. The molecular formula is C27H28N4O4. The van der Waals surface area contributed by atoms with Crippen molar-refractivity contribution in [1.82, 2.24) is 19.8 Å². The van der Waals surface area contributed by atoms with Gasteiger partial charge in [0.05, 0.1) is 23.2 Å². The molecule has 0 atom stereocenters. The first-order valence-corrected chi connectivity index (χ1v) is 11.7. The summed E-state index contributed by atoms with van der Waals surface area (Å²) in [6.45, 7) is 3.97. The SMILES string of the molecule is O=C(c1ccc2nc(-c3ccc(OCc4ccccc4)cc3O)[nH]c2c1)N1CCN(CCO)CC1. The summed E-state index contributed by atoms with van der Waals surface area (Å²) in [5.74, 6) is 1.13. The highest BCUT2D eigenvalue weighted by Crippen LogP contribution is 2.32. The number of H-pyrrole nitrogens is 1. The van der Waals surface area contributed by atoms with Crippen molar-refractivity contribution in [3.05, 3.63) is 77.9 Å². The molecule has 3 N–H and O–H groups in total. The number of rotatable bonds is 7. The third kappa shape index (κ3) is 5.13. The number of fused-ring (bicyclic) bond motifs is 1. The normalized spacial score (nSPS) is 14.4. The number of piperazine rings is 1. The summed E-state index contributed by atoms with van der Waals surface area (Å²) in [4.78, 5) is 24.8. The van der Waals surface area contributed by atoms with Crippen LogP contribution in [0, 0.1) is 0 Å². The van der Waals surface area contributed by atoms with Gasteiger partial charge in [0.25, 0.3) is 5.91 Å². The molecule has 0 bridgehead atoms. The molecule has 180 valence electrons. The maximum absolute atomic E-state index is 13.0. The highest BCUT2D eigenvalue weighted by Gasteiger charge is 2.22. The van der Waals surface area contributed by atoms with Gasteiger partial charge in [-0.25, -0.2) is 4.98 Å². The predicted octanol–water partition coefficient (Wildman–Crippen LogP) is 3.26. The Kier molecular flexibility index (Phi) is 6.65. The molecule has 5 rings (SSSR count). The number of aliphatic hydroxyl groups excluding tert-OH is 1. The number of aromatic nitrogens is 2. The van der Waals surface area contributed by atoms with Gasteiger partial charge in [-0.1, -0.05) is 30.3 Å². The number of hydrogen-bond donors (Lipinski definition) is 3. The Labute approximate surface area is 203 Å². The fraction of sp³-hybridized carbons (Fsp3) is 0.259. The van der Waals surface area contributed by atoms with Crippen LogP contribution >= 0.6 is 0 Å². The molecule has 8 nitrogen and oxygen atoms in total. The van der Waals surface area contributed by atoms with Gasteiger partial charge in [0.2, 0.25) is 0 Å². The average molecular weight is 473 g/mol. The van der Waals surface area contributed by atoms with E-state index in [0.29, 0.717) is 54.5 Å². The van der Waals surface area contributed by atoms with E-state index in [1.54, 1.807) is 24.3 Å². The van der Waals surface area contributed by atoms with Gasteiger partial charge >= 0.3 is 0 Å². The van der Waals surface area contributed by atoms with Crippen LogP contribution in [-0.2, 0) is 6.61 Å². The summed E-state index contributed by atoms with van der Waals surface area (Å²) in [5.41, 5.74) is 3.64. The van der Waals surface area contributed by atoms with Crippen LogP contribution in [0.3, 0.4) is 0 Å². The third-order valence-electron chi connectivity index (χ3n) is 6.28. The number of amides is 1. The first kappa shape index (κ1) is 22.9. The lowest BCUT2D eigenvalue weighted by Gasteiger charge is -2.34. The van der Waals surface area contributed by atoms with Crippen molar-refractivity contribution in [3.8, 4) is 22.9 Å². The molecule has 0 aliphatic carbocycles. The summed E-state index contributed by atoms with van der Waals surface area (Å²) in [6, 6.07) is 20.4. The summed E-state index contributed by atoms with van der Waals surface area (Å²) in [7, 11) is 0. The zero-order chi connectivity index (χ0) is 24.2. The number of aromatic hydroxyl groups is 1. The quantitative estimate of drug-likeness (QED) is 0.382. The highest BCUT2D eigenvalue weighted by molar-refractivity contribution is 5.97. The second-order valence-corrected chi connectivity index (χ2v) is 8.63. The van der Waals surface area contributed by atoms with Gasteiger partial charge in [0.1, 0.15) is 23.9 Å². The van der Waals surface area contributed by atoms with Crippen LogP contribution in [0.1, 0.15) is 15.9 Å². The molecule has 1 aliphatic rings. The Bertz CT molecular complexity index is 1310. The van der Waals surface area contributed by atoms with Gasteiger partial charge < -0.3 is 24.8 Å². The van der Waals surface area contributed by atoms with E-state index in [0.717, 1.165) is 24.2 Å². The van der Waals surface area contributed by atoms with Crippen LogP contribution in [0.4, 0.5) is 0 Å². The van der Waals surface area contributed by atoms with Crippen LogP contribution in [0.5, 0.6) is 11.5 Å². The minimum Gasteiger partial charge on any atom is -0.507 e. The molecule has 0 unspecified atom stereocenters. The van der Waals surface area contributed by atoms with Crippen molar-refractivity contribution < 1.29 is 19.7 Å². The number of phenolic OH excluding ortho intramolecular Hbond substituents is 1. The smallest absolute Gasteiger partial charge is 0.254 e. The first-order valence-electron chi connectivity index (χ1n) is 11.7. The van der Waals surface area contributed by atoms with E-state index in [-0.39, 0.29) is 18.3 Å². The number of phenols is 1. The third-order valence-corrected chi connectivity index (χ3v) is 6.28. The van der Waals surface area contributed by atoms with Crippen molar-refractivity contribution in [2.45, 2.75) is 6.61 Å². The number of nitrogens with zero attached hydrogens (tertiary/aromatic N) is 3. The summed E-state index contributed by atoms with van der Waals surface area (Å²) >= 11 is 0. The molecule has 1 amide bonds. The molecular weight excluding hydrogens is 444 g/mol. The number of ether oxygens (including phenoxy) is 1. The summed E-state index contributed by atoms with van der Waals surface area (Å²) < 4.78 is 5.79. The molecule has 0 saturated carbocycles. The Morgan fingerprint density at radius 1 is 1.00 bits per heavy atom. The van der Waals surface area contributed by atoms with Gasteiger partial charge in [0, 0.05) is 44.4 Å². The van der Waals surface area contributed by atoms with Gasteiger partial charge in [0.15, 0.2) is 0 Å². The van der Waals surface area contributed by atoms with Crippen molar-refractivity contribution >= 4 is 16.9 Å². The second kappa shape index (κ2) is 10.2. The number of imidazole rings is 1. The Morgan fingerprint density at radius 3 is 2.54 bits per heavy atom. The fourth-order valence-electron chi connectivity index (χ4n) is 4.31. The largest absolute Gasteiger partial charge is 0.507 e. The maximum atomic E-state index is 13.0. The highest BCUT2D eigenvalue weighted by atomic mass is 16.5. The van der Waals surface area contributed by atoms with E-state index in [9.17, 15) is 9.90 Å². The van der Waals surface area contributed by atoms with Crippen molar-refractivity contribution in [3.63, 3.8) is 0 Å². The second-order valence-electron chi connectivity index (χ2n) is 8.63. The van der Waals surface area contributed by atoms with Crippen LogP contribution in [0.15, 0.2) is 66.7 Å². The minimum atomic E-state index is -0.0190. The molecule has 1 fully saturated rings. The predicted molar refractivity (Wildman–Crippen MR) is 133 cm³/mol. The molecule has 1 saturated heterocycles. The van der Waals surface area contributed by atoms with E-state index < -0.39 is 0 Å². The molecule has 1 aromatic heterocycles. The lowest BCUT2D eigenvalue weighted by Crippen LogP contribution is -2.49. The van der Waals surface area contributed by atoms with Gasteiger partial charge in [-0.2, -0.15) is 0 Å². The lowest BCUT2D eigenvalue weighted by molar-refractivity contribution is 0.0615. The zero-order valence-electron chi connectivity index (χ0n) is 19.4. The molecule has 3 aromatic carbocycles. The summed E-state index contributed by atoms with van der Waals surface area (Å²) in [6.07, 6.45) is 0. The number of carbonyl (C=O) groups is 1. The molecule has 35 heavy (non-hydrogen) atoms. The van der Waals surface area contributed by atoms with Crippen LogP contribution < -0.4 is 4.74 Å². The fourth-order valence-corrected chi connectivity index (χ4v) is 4.31. The number of aliphatic hydroxyl groups is 1. The molecule has 0 spiro atoms. The van der Waals surface area contributed by atoms with E-state index in [1.807, 2.05) is 47.4 Å². The monoisotopic (exact) mass is 472 g/mol. The molecule has 4 aromatic rings.